The maximum Gasteiger partial charge on any atom is 0.119 e. The molecule has 0 bridgehead atoms. The average Bonchev–Trinajstić information content (AvgIpc) is 2.46. The van der Waals surface area contributed by atoms with Crippen molar-refractivity contribution >= 4 is 0 Å². The zero-order chi connectivity index (χ0) is 11.5. The van der Waals surface area contributed by atoms with Gasteiger partial charge in [0.25, 0.3) is 0 Å². The van der Waals surface area contributed by atoms with Gasteiger partial charge >= 0.3 is 0 Å². The van der Waals surface area contributed by atoms with Gasteiger partial charge in [0.2, 0.25) is 0 Å². The lowest BCUT2D eigenvalue weighted by Gasteiger charge is -2.17. The van der Waals surface area contributed by atoms with E-state index in [-0.39, 0.29) is 0 Å². The van der Waals surface area contributed by atoms with Crippen molar-refractivity contribution < 1.29 is 4.74 Å². The maximum absolute atomic E-state index is 5.31. The monoisotopic (exact) mass is 219 g/mol. The fourth-order valence-corrected chi connectivity index (χ4v) is 2.48. The van der Waals surface area contributed by atoms with Crippen molar-refractivity contribution in [1.82, 2.24) is 5.32 Å². The zero-order valence-electron chi connectivity index (χ0n) is 10.4. The SMILES string of the molecule is CCC1NCC(C)Cc2ccc(OC)cc21. The molecule has 0 radical (unpaired) electrons. The van der Waals surface area contributed by atoms with Gasteiger partial charge in [0, 0.05) is 6.04 Å². The Bertz CT molecular complexity index is 362. The van der Waals surface area contributed by atoms with Crippen molar-refractivity contribution in [3.8, 4) is 5.75 Å². The summed E-state index contributed by atoms with van der Waals surface area (Å²) in [5.41, 5.74) is 2.90. The molecule has 1 heterocycles. The predicted octanol–water partition coefficient (Wildman–Crippen LogP) is 2.93. The van der Waals surface area contributed by atoms with Crippen LogP contribution in [0.2, 0.25) is 0 Å². The topological polar surface area (TPSA) is 21.3 Å². The molecule has 1 aromatic rings. The predicted molar refractivity (Wildman–Crippen MR) is 66.9 cm³/mol. The molecule has 2 nitrogen and oxygen atoms in total. The summed E-state index contributed by atoms with van der Waals surface area (Å²) in [6.07, 6.45) is 2.30. The summed E-state index contributed by atoms with van der Waals surface area (Å²) in [6.45, 7) is 5.64. The van der Waals surface area contributed by atoms with Gasteiger partial charge in [-0.1, -0.05) is 19.9 Å². The summed E-state index contributed by atoms with van der Waals surface area (Å²) < 4.78 is 5.31. The van der Waals surface area contributed by atoms with Gasteiger partial charge in [-0.3, -0.25) is 0 Å². The first-order valence-electron chi connectivity index (χ1n) is 6.14. The zero-order valence-corrected chi connectivity index (χ0v) is 10.4. The second kappa shape index (κ2) is 4.88. The summed E-state index contributed by atoms with van der Waals surface area (Å²) >= 11 is 0. The fraction of sp³-hybridized carbons (Fsp3) is 0.571. The van der Waals surface area contributed by atoms with Crippen LogP contribution >= 0.6 is 0 Å². The minimum absolute atomic E-state index is 0.482. The lowest BCUT2D eigenvalue weighted by atomic mass is 9.95. The Morgan fingerprint density at radius 3 is 2.94 bits per heavy atom. The molecule has 1 aliphatic rings. The van der Waals surface area contributed by atoms with Crippen molar-refractivity contribution in [3.05, 3.63) is 29.3 Å². The number of rotatable bonds is 2. The number of nitrogens with one attached hydrogen (secondary N) is 1. The molecule has 2 rings (SSSR count). The van der Waals surface area contributed by atoms with E-state index in [1.54, 1.807) is 7.11 Å². The van der Waals surface area contributed by atoms with Gasteiger partial charge in [-0.25, -0.2) is 0 Å². The molecule has 1 aliphatic heterocycles. The quantitative estimate of drug-likeness (QED) is 0.825. The van der Waals surface area contributed by atoms with Crippen LogP contribution in [-0.2, 0) is 6.42 Å². The highest BCUT2D eigenvalue weighted by molar-refractivity contribution is 5.38. The Hall–Kier alpha value is -1.02. The first-order chi connectivity index (χ1) is 7.74. The van der Waals surface area contributed by atoms with Crippen molar-refractivity contribution in [2.45, 2.75) is 32.7 Å². The van der Waals surface area contributed by atoms with Gasteiger partial charge in [-0.05, 0) is 48.6 Å². The average molecular weight is 219 g/mol. The molecule has 2 atom stereocenters. The molecule has 0 fully saturated rings. The molecule has 0 aliphatic carbocycles. The van der Waals surface area contributed by atoms with E-state index in [2.05, 4.69) is 37.4 Å². The summed E-state index contributed by atoms with van der Waals surface area (Å²) in [4.78, 5) is 0. The number of hydrogen-bond acceptors (Lipinski definition) is 2. The number of hydrogen-bond donors (Lipinski definition) is 1. The van der Waals surface area contributed by atoms with Gasteiger partial charge in [-0.2, -0.15) is 0 Å². The highest BCUT2D eigenvalue weighted by Crippen LogP contribution is 2.29. The smallest absolute Gasteiger partial charge is 0.119 e. The molecule has 0 saturated carbocycles. The Labute approximate surface area is 98.0 Å². The Balaban J connectivity index is 2.39. The first-order valence-corrected chi connectivity index (χ1v) is 6.14. The highest BCUT2D eigenvalue weighted by Gasteiger charge is 2.20. The third-order valence-electron chi connectivity index (χ3n) is 3.42. The van der Waals surface area contributed by atoms with E-state index < -0.39 is 0 Å². The fourth-order valence-electron chi connectivity index (χ4n) is 2.48. The second-order valence-electron chi connectivity index (χ2n) is 4.74. The van der Waals surface area contributed by atoms with Crippen LogP contribution in [0.3, 0.4) is 0 Å². The third-order valence-corrected chi connectivity index (χ3v) is 3.42. The van der Waals surface area contributed by atoms with E-state index >= 15 is 0 Å². The van der Waals surface area contributed by atoms with Crippen LogP contribution in [0.15, 0.2) is 18.2 Å². The number of ether oxygens (including phenoxy) is 1. The normalized spacial score (nSPS) is 24.7. The molecule has 2 heteroatoms. The number of benzene rings is 1. The van der Waals surface area contributed by atoms with Gasteiger partial charge in [0.05, 0.1) is 7.11 Å². The number of methoxy groups -OCH3 is 1. The minimum atomic E-state index is 0.482. The lowest BCUT2D eigenvalue weighted by molar-refractivity contribution is 0.412. The molecular weight excluding hydrogens is 198 g/mol. The molecule has 0 aromatic heterocycles. The van der Waals surface area contributed by atoms with Crippen LogP contribution < -0.4 is 10.1 Å². The Kier molecular flexibility index (Phi) is 3.49. The standard InChI is InChI=1S/C14H21NO/c1-4-14-13-8-12(16-3)6-5-11(13)7-10(2)9-15-14/h5-6,8,10,14-15H,4,7,9H2,1-3H3. The minimum Gasteiger partial charge on any atom is -0.497 e. The van der Waals surface area contributed by atoms with Crippen LogP contribution in [-0.4, -0.2) is 13.7 Å². The molecular formula is C14H21NO. The van der Waals surface area contributed by atoms with E-state index in [0.29, 0.717) is 12.0 Å². The molecule has 0 saturated heterocycles. The Morgan fingerprint density at radius 1 is 1.44 bits per heavy atom. The molecule has 1 aromatic carbocycles. The van der Waals surface area contributed by atoms with Gasteiger partial charge in [0.15, 0.2) is 0 Å². The molecule has 2 unspecified atom stereocenters. The third kappa shape index (κ3) is 2.22. The first kappa shape index (κ1) is 11.5. The largest absolute Gasteiger partial charge is 0.497 e. The van der Waals surface area contributed by atoms with E-state index in [4.69, 9.17) is 4.74 Å². The van der Waals surface area contributed by atoms with Crippen molar-refractivity contribution in [3.63, 3.8) is 0 Å². The summed E-state index contributed by atoms with van der Waals surface area (Å²) in [5, 5.41) is 3.63. The molecule has 1 N–H and O–H groups in total. The summed E-state index contributed by atoms with van der Waals surface area (Å²) in [6, 6.07) is 6.97. The van der Waals surface area contributed by atoms with Crippen LogP contribution in [0, 0.1) is 5.92 Å². The van der Waals surface area contributed by atoms with E-state index in [1.165, 1.54) is 17.5 Å². The second-order valence-corrected chi connectivity index (χ2v) is 4.74. The molecule has 0 spiro atoms. The van der Waals surface area contributed by atoms with Gasteiger partial charge < -0.3 is 10.1 Å². The van der Waals surface area contributed by atoms with E-state index in [1.807, 2.05) is 0 Å². The van der Waals surface area contributed by atoms with Crippen LogP contribution in [0.4, 0.5) is 0 Å². The summed E-state index contributed by atoms with van der Waals surface area (Å²) in [5.74, 6) is 1.68. The molecule has 88 valence electrons. The van der Waals surface area contributed by atoms with Crippen LogP contribution in [0.1, 0.15) is 37.4 Å². The van der Waals surface area contributed by atoms with E-state index in [0.717, 1.165) is 18.7 Å². The molecule has 16 heavy (non-hydrogen) atoms. The highest BCUT2D eigenvalue weighted by atomic mass is 16.5. The van der Waals surface area contributed by atoms with E-state index in [9.17, 15) is 0 Å². The Morgan fingerprint density at radius 2 is 2.25 bits per heavy atom. The summed E-state index contributed by atoms with van der Waals surface area (Å²) in [7, 11) is 1.73. The van der Waals surface area contributed by atoms with Crippen molar-refractivity contribution in [1.29, 1.82) is 0 Å². The van der Waals surface area contributed by atoms with Crippen LogP contribution in [0.5, 0.6) is 5.75 Å². The van der Waals surface area contributed by atoms with Gasteiger partial charge in [-0.15, -0.1) is 0 Å². The molecule has 0 amide bonds. The van der Waals surface area contributed by atoms with Crippen molar-refractivity contribution in [2.75, 3.05) is 13.7 Å². The maximum atomic E-state index is 5.31. The lowest BCUT2D eigenvalue weighted by Crippen LogP contribution is -2.23. The number of fused-ring (bicyclic) bond motifs is 1. The van der Waals surface area contributed by atoms with Crippen LogP contribution in [0.25, 0.3) is 0 Å². The van der Waals surface area contributed by atoms with Crippen molar-refractivity contribution in [2.24, 2.45) is 5.92 Å². The van der Waals surface area contributed by atoms with Gasteiger partial charge in [0.1, 0.15) is 5.75 Å².